The second-order valence-electron chi connectivity index (χ2n) is 5.27. The highest BCUT2D eigenvalue weighted by molar-refractivity contribution is 6.01. The number of rotatable bonds is 2. The van der Waals surface area contributed by atoms with E-state index in [0.29, 0.717) is 25.9 Å². The van der Waals surface area contributed by atoms with E-state index in [1.165, 1.54) is 4.90 Å². The van der Waals surface area contributed by atoms with Gasteiger partial charge in [0, 0.05) is 25.2 Å². The highest BCUT2D eigenvalue weighted by Crippen LogP contribution is 2.26. The molecule has 0 radical (unpaired) electrons. The molecule has 1 fully saturated rings. The number of nitrogens with zero attached hydrogens (tertiary/aromatic N) is 1. The van der Waals surface area contributed by atoms with Crippen LogP contribution in [-0.4, -0.2) is 34.0 Å². The fourth-order valence-corrected chi connectivity index (χ4v) is 2.65. The van der Waals surface area contributed by atoms with Gasteiger partial charge in [0.2, 0.25) is 11.8 Å². The van der Waals surface area contributed by atoms with E-state index in [4.69, 9.17) is 5.11 Å². The van der Waals surface area contributed by atoms with Gasteiger partial charge in [-0.2, -0.15) is 0 Å². The maximum atomic E-state index is 11.7. The van der Waals surface area contributed by atoms with Gasteiger partial charge in [-0.3, -0.25) is 19.8 Å². The molecule has 3 N–H and O–H groups in total. The third kappa shape index (κ3) is 2.67. The first-order valence-corrected chi connectivity index (χ1v) is 6.73. The number of carbonyl (C=O) groups excluding carboxylic acids is 2. The Morgan fingerprint density at radius 1 is 1.29 bits per heavy atom. The molecule has 0 saturated carbocycles. The molecule has 1 unspecified atom stereocenters. The largest absolute Gasteiger partial charge is 0.465 e. The van der Waals surface area contributed by atoms with Crippen LogP contribution < -0.4 is 10.6 Å². The Hall–Kier alpha value is -2.57. The van der Waals surface area contributed by atoms with E-state index in [-0.39, 0.29) is 11.8 Å². The summed E-state index contributed by atoms with van der Waals surface area (Å²) in [6, 6.07) is 5.13. The van der Waals surface area contributed by atoms with Crippen LogP contribution in [0.15, 0.2) is 18.2 Å². The quantitative estimate of drug-likeness (QED) is 0.702. The zero-order valence-electron chi connectivity index (χ0n) is 11.3. The first-order valence-electron chi connectivity index (χ1n) is 6.73. The summed E-state index contributed by atoms with van der Waals surface area (Å²) in [4.78, 5) is 35.1. The first-order chi connectivity index (χ1) is 10.0. The minimum Gasteiger partial charge on any atom is -0.465 e. The molecule has 2 aliphatic heterocycles. The molecule has 7 heteroatoms. The second-order valence-corrected chi connectivity index (χ2v) is 5.27. The fourth-order valence-electron chi connectivity index (χ4n) is 2.65. The highest BCUT2D eigenvalue weighted by Gasteiger charge is 2.27. The Bertz CT molecular complexity index is 629. The van der Waals surface area contributed by atoms with E-state index in [1.807, 2.05) is 18.2 Å². The van der Waals surface area contributed by atoms with Gasteiger partial charge in [-0.1, -0.05) is 6.07 Å². The molecule has 1 aromatic rings. The summed E-state index contributed by atoms with van der Waals surface area (Å²) in [7, 11) is 0. The minimum absolute atomic E-state index is 0.246. The van der Waals surface area contributed by atoms with Gasteiger partial charge in [0.25, 0.3) is 0 Å². The molecule has 0 bridgehead atoms. The van der Waals surface area contributed by atoms with E-state index < -0.39 is 12.1 Å². The number of benzene rings is 1. The van der Waals surface area contributed by atoms with E-state index in [9.17, 15) is 14.4 Å². The van der Waals surface area contributed by atoms with Crippen LogP contribution in [-0.2, 0) is 22.7 Å². The SMILES string of the molecule is O=C1CCC(Nc2ccc3c(c2)CN(C(=O)O)C3)C(=O)N1. The maximum absolute atomic E-state index is 11.7. The van der Waals surface area contributed by atoms with Crippen molar-refractivity contribution in [2.45, 2.75) is 32.0 Å². The van der Waals surface area contributed by atoms with Crippen molar-refractivity contribution in [2.75, 3.05) is 5.32 Å². The first kappa shape index (κ1) is 13.4. The Kier molecular flexibility index (Phi) is 3.25. The van der Waals surface area contributed by atoms with Crippen molar-refractivity contribution in [1.29, 1.82) is 0 Å². The summed E-state index contributed by atoms with van der Waals surface area (Å²) in [5, 5.41) is 14.4. The lowest BCUT2D eigenvalue weighted by molar-refractivity contribution is -0.133. The van der Waals surface area contributed by atoms with Gasteiger partial charge < -0.3 is 10.4 Å². The van der Waals surface area contributed by atoms with E-state index in [2.05, 4.69) is 10.6 Å². The Morgan fingerprint density at radius 2 is 2.05 bits per heavy atom. The smallest absolute Gasteiger partial charge is 0.407 e. The maximum Gasteiger partial charge on any atom is 0.407 e. The molecule has 3 amide bonds. The van der Waals surface area contributed by atoms with Gasteiger partial charge >= 0.3 is 6.09 Å². The molecule has 110 valence electrons. The third-order valence-electron chi connectivity index (χ3n) is 3.78. The van der Waals surface area contributed by atoms with Crippen LogP contribution in [0, 0.1) is 0 Å². The number of carbonyl (C=O) groups is 3. The average Bonchev–Trinajstić information content (AvgIpc) is 2.85. The number of anilines is 1. The molecule has 3 rings (SSSR count). The highest BCUT2D eigenvalue weighted by atomic mass is 16.4. The van der Waals surface area contributed by atoms with Crippen LogP contribution in [0.2, 0.25) is 0 Å². The van der Waals surface area contributed by atoms with Crippen molar-refractivity contribution in [1.82, 2.24) is 10.2 Å². The molecule has 0 aromatic heterocycles. The number of amides is 3. The van der Waals surface area contributed by atoms with Crippen LogP contribution in [0.3, 0.4) is 0 Å². The van der Waals surface area contributed by atoms with Crippen molar-refractivity contribution in [3.8, 4) is 0 Å². The number of nitrogens with one attached hydrogen (secondary N) is 2. The van der Waals surface area contributed by atoms with Gasteiger partial charge in [0.1, 0.15) is 6.04 Å². The molecule has 0 spiro atoms. The predicted molar refractivity (Wildman–Crippen MR) is 73.5 cm³/mol. The van der Waals surface area contributed by atoms with Gasteiger partial charge in [0.15, 0.2) is 0 Å². The van der Waals surface area contributed by atoms with Crippen molar-refractivity contribution >= 4 is 23.6 Å². The Labute approximate surface area is 120 Å². The number of fused-ring (bicyclic) bond motifs is 1. The van der Waals surface area contributed by atoms with Crippen LogP contribution in [0.4, 0.5) is 10.5 Å². The predicted octanol–water partition coefficient (Wildman–Crippen LogP) is 0.897. The van der Waals surface area contributed by atoms with Crippen molar-refractivity contribution in [3.63, 3.8) is 0 Å². The number of imide groups is 1. The molecular formula is C14H15N3O4. The minimum atomic E-state index is -0.939. The van der Waals surface area contributed by atoms with Crippen molar-refractivity contribution < 1.29 is 19.5 Å². The average molecular weight is 289 g/mol. The molecule has 21 heavy (non-hydrogen) atoms. The molecule has 2 heterocycles. The van der Waals surface area contributed by atoms with Gasteiger partial charge in [-0.15, -0.1) is 0 Å². The lowest BCUT2D eigenvalue weighted by Crippen LogP contribution is -2.47. The number of piperidine rings is 1. The molecule has 1 atom stereocenters. The number of hydrogen-bond donors (Lipinski definition) is 3. The topological polar surface area (TPSA) is 98.7 Å². The number of carboxylic acid groups (broad SMARTS) is 1. The molecular weight excluding hydrogens is 274 g/mol. The zero-order chi connectivity index (χ0) is 15.0. The second kappa shape index (κ2) is 5.08. The van der Waals surface area contributed by atoms with Crippen molar-refractivity contribution in [2.24, 2.45) is 0 Å². The zero-order valence-corrected chi connectivity index (χ0v) is 11.3. The van der Waals surface area contributed by atoms with Crippen LogP contribution in [0.5, 0.6) is 0 Å². The Balaban J connectivity index is 1.71. The molecule has 1 saturated heterocycles. The molecule has 0 aliphatic carbocycles. The summed E-state index contributed by atoms with van der Waals surface area (Å²) in [6.45, 7) is 0.749. The Morgan fingerprint density at radius 3 is 2.76 bits per heavy atom. The van der Waals surface area contributed by atoms with Crippen molar-refractivity contribution in [3.05, 3.63) is 29.3 Å². The third-order valence-corrected chi connectivity index (χ3v) is 3.78. The molecule has 2 aliphatic rings. The van der Waals surface area contributed by atoms with Gasteiger partial charge in [0.05, 0.1) is 0 Å². The standard InChI is InChI=1S/C14H15N3O4/c18-12-4-3-11(13(19)16-12)15-10-2-1-8-6-17(14(20)21)7-9(8)5-10/h1-2,5,11,15H,3-4,6-7H2,(H,20,21)(H,16,18,19). The summed E-state index contributed by atoms with van der Waals surface area (Å²) in [5.74, 6) is -0.567. The van der Waals surface area contributed by atoms with Crippen LogP contribution >= 0.6 is 0 Å². The summed E-state index contributed by atoms with van der Waals surface area (Å²) in [5.41, 5.74) is 2.68. The normalized spacial score (nSPS) is 21.0. The van der Waals surface area contributed by atoms with Gasteiger partial charge in [-0.25, -0.2) is 4.79 Å². The van der Waals surface area contributed by atoms with Crippen LogP contribution in [0.1, 0.15) is 24.0 Å². The fraction of sp³-hybridized carbons (Fsp3) is 0.357. The number of hydrogen-bond acceptors (Lipinski definition) is 4. The van der Waals surface area contributed by atoms with Gasteiger partial charge in [-0.05, 0) is 29.7 Å². The summed E-state index contributed by atoms with van der Waals surface area (Å²) >= 11 is 0. The van der Waals surface area contributed by atoms with E-state index in [1.54, 1.807) is 0 Å². The molecule has 7 nitrogen and oxygen atoms in total. The lowest BCUT2D eigenvalue weighted by Gasteiger charge is -2.23. The van der Waals surface area contributed by atoms with Crippen LogP contribution in [0.25, 0.3) is 0 Å². The monoisotopic (exact) mass is 289 g/mol. The van der Waals surface area contributed by atoms with E-state index >= 15 is 0 Å². The van der Waals surface area contributed by atoms with E-state index in [0.717, 1.165) is 16.8 Å². The molecule has 1 aromatic carbocycles. The summed E-state index contributed by atoms with van der Waals surface area (Å²) < 4.78 is 0. The lowest BCUT2D eigenvalue weighted by atomic mass is 10.0. The summed E-state index contributed by atoms with van der Waals surface area (Å²) in [6.07, 6.45) is -0.157.